The maximum Gasteiger partial charge on any atom is 0.232 e. The van der Waals surface area contributed by atoms with E-state index in [0.29, 0.717) is 23.4 Å². The highest BCUT2D eigenvalue weighted by molar-refractivity contribution is 7.92. The second kappa shape index (κ2) is 7.36. The van der Waals surface area contributed by atoms with Crippen LogP contribution in [-0.4, -0.2) is 29.9 Å². The molecule has 0 bridgehead atoms. The molecule has 27 heavy (non-hydrogen) atoms. The van der Waals surface area contributed by atoms with E-state index in [4.69, 9.17) is 0 Å². The first kappa shape index (κ1) is 18.8. The second-order valence-corrected chi connectivity index (χ2v) is 7.71. The number of aromatic nitrogens is 2. The molecule has 1 aromatic heterocycles. The minimum absolute atomic E-state index is 0.101. The minimum atomic E-state index is -3.72. The fraction of sp³-hybridized carbons (Fsp3) is 0.167. The number of carbonyl (C=O) groups excluding carboxylic acids is 1. The quantitative estimate of drug-likeness (QED) is 0.652. The molecule has 0 radical (unpaired) electrons. The van der Waals surface area contributed by atoms with Crippen molar-refractivity contribution in [3.8, 4) is 0 Å². The molecular formula is C18H15F2N3O3S. The van der Waals surface area contributed by atoms with Gasteiger partial charge in [-0.15, -0.1) is 0 Å². The number of halogens is 2. The third-order valence-electron chi connectivity index (χ3n) is 3.79. The topological polar surface area (TPSA) is 89.0 Å². The monoisotopic (exact) mass is 391 g/mol. The maximum absolute atomic E-state index is 14.2. The van der Waals surface area contributed by atoms with Gasteiger partial charge in [0.2, 0.25) is 10.0 Å². The van der Waals surface area contributed by atoms with Crippen LogP contribution in [0.25, 0.3) is 10.9 Å². The molecule has 3 aromatic rings. The van der Waals surface area contributed by atoms with Crippen LogP contribution in [0, 0.1) is 11.6 Å². The molecule has 6 nitrogen and oxygen atoms in total. The zero-order valence-corrected chi connectivity index (χ0v) is 15.1. The van der Waals surface area contributed by atoms with Gasteiger partial charge in [0.05, 0.1) is 22.5 Å². The first-order valence-electron chi connectivity index (χ1n) is 8.04. The van der Waals surface area contributed by atoms with Crippen LogP contribution in [0.15, 0.2) is 42.9 Å². The van der Waals surface area contributed by atoms with Crippen LogP contribution in [0.1, 0.15) is 29.3 Å². The number of sulfonamides is 1. The summed E-state index contributed by atoms with van der Waals surface area (Å²) in [6, 6.07) is 6.14. The molecule has 2 aromatic carbocycles. The van der Waals surface area contributed by atoms with Gasteiger partial charge in [-0.2, -0.15) is 0 Å². The molecule has 0 aliphatic rings. The van der Waals surface area contributed by atoms with E-state index in [9.17, 15) is 22.0 Å². The number of hydrogen-bond donors (Lipinski definition) is 1. The normalized spacial score (nSPS) is 11.5. The van der Waals surface area contributed by atoms with Crippen molar-refractivity contribution in [2.24, 2.45) is 0 Å². The molecule has 0 amide bonds. The van der Waals surface area contributed by atoms with Crippen LogP contribution in [0.4, 0.5) is 14.5 Å². The second-order valence-electron chi connectivity index (χ2n) is 5.87. The first-order valence-corrected chi connectivity index (χ1v) is 9.70. The van der Waals surface area contributed by atoms with Crippen molar-refractivity contribution >= 4 is 32.4 Å². The van der Waals surface area contributed by atoms with Gasteiger partial charge in [-0.3, -0.25) is 9.52 Å². The van der Waals surface area contributed by atoms with Crippen LogP contribution in [-0.2, 0) is 10.0 Å². The highest BCUT2D eigenvalue weighted by Crippen LogP contribution is 2.24. The molecule has 140 valence electrons. The molecule has 1 N–H and O–H groups in total. The van der Waals surface area contributed by atoms with Gasteiger partial charge in [-0.05, 0) is 30.7 Å². The van der Waals surface area contributed by atoms with Crippen LogP contribution < -0.4 is 4.72 Å². The molecule has 0 spiro atoms. The molecule has 0 fully saturated rings. The molecule has 3 rings (SSSR count). The van der Waals surface area contributed by atoms with E-state index in [1.165, 1.54) is 24.7 Å². The largest absolute Gasteiger partial charge is 0.288 e. The Labute approximate surface area is 154 Å². The fourth-order valence-electron chi connectivity index (χ4n) is 2.59. The lowest BCUT2D eigenvalue weighted by Gasteiger charge is -2.10. The van der Waals surface area contributed by atoms with Gasteiger partial charge in [-0.25, -0.2) is 27.2 Å². The molecule has 0 saturated carbocycles. The Morgan fingerprint density at radius 3 is 2.70 bits per heavy atom. The summed E-state index contributed by atoms with van der Waals surface area (Å²) in [5.74, 6) is -3.63. The number of hydrogen-bond acceptors (Lipinski definition) is 5. The van der Waals surface area contributed by atoms with Crippen molar-refractivity contribution in [2.75, 3.05) is 10.5 Å². The molecule has 0 atom stereocenters. The fourth-order valence-corrected chi connectivity index (χ4v) is 3.71. The Morgan fingerprint density at radius 2 is 1.96 bits per heavy atom. The lowest BCUT2D eigenvalue weighted by Crippen LogP contribution is -2.17. The maximum atomic E-state index is 14.2. The third kappa shape index (κ3) is 4.08. The smallest absolute Gasteiger partial charge is 0.232 e. The van der Waals surface area contributed by atoms with Gasteiger partial charge in [0.25, 0.3) is 0 Å². The van der Waals surface area contributed by atoms with Crippen molar-refractivity contribution in [1.82, 2.24) is 9.97 Å². The Kier molecular flexibility index (Phi) is 5.13. The summed E-state index contributed by atoms with van der Waals surface area (Å²) in [5.41, 5.74) is -0.0892. The molecule has 0 saturated heterocycles. The van der Waals surface area contributed by atoms with E-state index in [1.807, 2.05) is 0 Å². The van der Waals surface area contributed by atoms with Crippen LogP contribution >= 0.6 is 0 Å². The molecule has 1 heterocycles. The predicted molar refractivity (Wildman–Crippen MR) is 97.0 cm³/mol. The van der Waals surface area contributed by atoms with E-state index in [-0.39, 0.29) is 17.0 Å². The zero-order chi connectivity index (χ0) is 19.6. The summed E-state index contributed by atoms with van der Waals surface area (Å²) < 4.78 is 54.1. The number of fused-ring (bicyclic) bond motifs is 1. The number of carbonyl (C=O) groups is 1. The third-order valence-corrected chi connectivity index (χ3v) is 5.28. The summed E-state index contributed by atoms with van der Waals surface area (Å²) in [7, 11) is -3.72. The SMILES string of the molecule is CCCS(=O)(=O)Nc1cc(F)c(F)c(C(=O)c2ccc3ncncc3c2)c1. The van der Waals surface area contributed by atoms with Gasteiger partial charge in [0, 0.05) is 23.2 Å². The number of ketones is 1. The van der Waals surface area contributed by atoms with Crippen LogP contribution in [0.3, 0.4) is 0 Å². The minimum Gasteiger partial charge on any atom is -0.288 e. The Balaban J connectivity index is 2.02. The summed E-state index contributed by atoms with van der Waals surface area (Å²) in [4.78, 5) is 20.6. The van der Waals surface area contributed by atoms with Crippen molar-refractivity contribution in [1.29, 1.82) is 0 Å². The van der Waals surface area contributed by atoms with Crippen LogP contribution in [0.5, 0.6) is 0 Å². The molecule has 0 unspecified atom stereocenters. The standard InChI is InChI=1S/C18H15F2N3O3S/c1-2-5-27(25,26)23-13-7-14(17(20)15(19)8-13)18(24)11-3-4-16-12(6-11)9-21-10-22-16/h3-4,6-10,23H,2,5H2,1H3. The van der Waals surface area contributed by atoms with Gasteiger partial charge in [0.1, 0.15) is 6.33 Å². The van der Waals surface area contributed by atoms with Gasteiger partial charge >= 0.3 is 0 Å². The molecular weight excluding hydrogens is 376 g/mol. The zero-order valence-electron chi connectivity index (χ0n) is 14.2. The van der Waals surface area contributed by atoms with Crippen molar-refractivity contribution in [3.05, 3.63) is 65.6 Å². The van der Waals surface area contributed by atoms with E-state index in [0.717, 1.165) is 6.07 Å². The van der Waals surface area contributed by atoms with E-state index < -0.39 is 33.0 Å². The molecule has 9 heteroatoms. The Bertz CT molecular complexity index is 1130. The highest BCUT2D eigenvalue weighted by atomic mass is 32.2. The number of anilines is 1. The van der Waals surface area contributed by atoms with Gasteiger partial charge < -0.3 is 0 Å². The van der Waals surface area contributed by atoms with Crippen molar-refractivity contribution < 1.29 is 22.0 Å². The Morgan fingerprint density at radius 1 is 1.19 bits per heavy atom. The lowest BCUT2D eigenvalue weighted by molar-refractivity contribution is 0.103. The van der Waals surface area contributed by atoms with Gasteiger partial charge in [-0.1, -0.05) is 6.92 Å². The lowest BCUT2D eigenvalue weighted by atomic mass is 10.0. The van der Waals surface area contributed by atoms with Gasteiger partial charge in [0.15, 0.2) is 17.4 Å². The molecule has 0 aliphatic carbocycles. The first-order chi connectivity index (χ1) is 12.8. The van der Waals surface area contributed by atoms with E-state index in [2.05, 4.69) is 14.7 Å². The van der Waals surface area contributed by atoms with Crippen molar-refractivity contribution in [2.45, 2.75) is 13.3 Å². The van der Waals surface area contributed by atoms with E-state index in [1.54, 1.807) is 13.0 Å². The highest BCUT2D eigenvalue weighted by Gasteiger charge is 2.21. The van der Waals surface area contributed by atoms with Crippen molar-refractivity contribution in [3.63, 3.8) is 0 Å². The van der Waals surface area contributed by atoms with E-state index >= 15 is 0 Å². The number of nitrogens with zero attached hydrogens (tertiary/aromatic N) is 2. The number of nitrogens with one attached hydrogen (secondary N) is 1. The summed E-state index contributed by atoms with van der Waals surface area (Å²) in [6.45, 7) is 1.67. The Hall–Kier alpha value is -2.94. The summed E-state index contributed by atoms with van der Waals surface area (Å²) >= 11 is 0. The van der Waals surface area contributed by atoms with Crippen LogP contribution in [0.2, 0.25) is 0 Å². The number of rotatable bonds is 6. The molecule has 0 aliphatic heterocycles. The predicted octanol–water partition coefficient (Wildman–Crippen LogP) is 3.29. The average molecular weight is 391 g/mol. The average Bonchev–Trinajstić information content (AvgIpc) is 2.63. The summed E-state index contributed by atoms with van der Waals surface area (Å²) in [5, 5.41) is 0.559. The summed E-state index contributed by atoms with van der Waals surface area (Å²) in [6.07, 6.45) is 3.19. The number of benzene rings is 2.